The maximum absolute atomic E-state index is 11.9. The van der Waals surface area contributed by atoms with Crippen molar-refractivity contribution in [2.24, 2.45) is 5.41 Å². The van der Waals surface area contributed by atoms with Gasteiger partial charge in [0.2, 0.25) is 0 Å². The highest BCUT2D eigenvalue weighted by Crippen LogP contribution is 2.27. The molecule has 0 saturated carbocycles. The van der Waals surface area contributed by atoms with Crippen LogP contribution in [0.1, 0.15) is 39.7 Å². The number of hydroxylamine groups is 2. The van der Waals surface area contributed by atoms with Crippen LogP contribution in [0.4, 0.5) is 5.82 Å². The largest absolute Gasteiger partial charge is 0.383 e. The molecule has 0 radical (unpaired) electrons. The van der Waals surface area contributed by atoms with Crippen LogP contribution in [-0.2, 0) is 9.63 Å². The maximum Gasteiger partial charge on any atom is 0.330 e. The molecule has 0 unspecified atom stereocenters. The third-order valence-corrected chi connectivity index (χ3v) is 4.02. The van der Waals surface area contributed by atoms with Gasteiger partial charge in [0.25, 0.3) is 0 Å². The van der Waals surface area contributed by atoms with Crippen molar-refractivity contribution in [2.75, 3.05) is 18.8 Å². The number of carbonyl (C=O) groups is 1. The first-order valence-corrected chi connectivity index (χ1v) is 7.77. The Hall–Kier alpha value is -2.22. The Morgan fingerprint density at radius 1 is 1.30 bits per heavy atom. The van der Waals surface area contributed by atoms with Crippen LogP contribution in [0.2, 0.25) is 0 Å². The molecule has 0 amide bonds. The second-order valence-electron chi connectivity index (χ2n) is 6.87. The van der Waals surface area contributed by atoms with E-state index >= 15 is 0 Å². The van der Waals surface area contributed by atoms with E-state index in [1.54, 1.807) is 11.3 Å². The van der Waals surface area contributed by atoms with E-state index in [4.69, 9.17) is 10.6 Å². The number of rotatable bonds is 2. The zero-order valence-corrected chi connectivity index (χ0v) is 13.7. The Balaban J connectivity index is 1.67. The maximum atomic E-state index is 11.9. The second kappa shape index (κ2) is 5.77. The molecule has 1 aliphatic rings. The summed E-state index contributed by atoms with van der Waals surface area (Å²) in [6, 6.07) is 0.214. The van der Waals surface area contributed by atoms with Gasteiger partial charge in [-0.2, -0.15) is 5.10 Å². The number of carbonyl (C=O) groups excluding carboxylic acids is 1. The summed E-state index contributed by atoms with van der Waals surface area (Å²) in [6.07, 6.45) is 4.82. The van der Waals surface area contributed by atoms with Crippen molar-refractivity contribution in [3.8, 4) is 0 Å². The Morgan fingerprint density at radius 3 is 2.65 bits per heavy atom. The van der Waals surface area contributed by atoms with Crippen LogP contribution in [-0.4, -0.2) is 43.9 Å². The monoisotopic (exact) mass is 318 g/mol. The first-order chi connectivity index (χ1) is 10.9. The standard InChI is InChI=1S/C15H22N6O2/c1-15(2,3)14(22)23-20-6-4-10(5-7-20)21-13-11(8-19-21)12(16)17-9-18-13/h8-10H,4-7H2,1-3H3,(H2,16,17,18). The number of nitrogens with two attached hydrogens (primary N) is 1. The molecule has 8 nitrogen and oxygen atoms in total. The highest BCUT2D eigenvalue weighted by molar-refractivity contribution is 5.84. The van der Waals surface area contributed by atoms with Crippen molar-refractivity contribution in [1.82, 2.24) is 24.8 Å². The first-order valence-electron chi connectivity index (χ1n) is 7.77. The van der Waals surface area contributed by atoms with Crippen molar-refractivity contribution >= 4 is 22.8 Å². The number of nitrogen functional groups attached to an aromatic ring is 1. The summed E-state index contributed by atoms with van der Waals surface area (Å²) in [6.45, 7) is 6.90. The summed E-state index contributed by atoms with van der Waals surface area (Å²) < 4.78 is 1.90. The SMILES string of the molecule is CC(C)(C)C(=O)ON1CCC(n2ncc3c(N)ncnc32)CC1. The summed E-state index contributed by atoms with van der Waals surface area (Å²) in [5.74, 6) is 0.235. The smallest absolute Gasteiger partial charge is 0.330 e. The molecule has 0 bridgehead atoms. The van der Waals surface area contributed by atoms with E-state index < -0.39 is 5.41 Å². The van der Waals surface area contributed by atoms with Gasteiger partial charge in [-0.15, -0.1) is 5.06 Å². The second-order valence-corrected chi connectivity index (χ2v) is 6.87. The van der Waals surface area contributed by atoms with Crippen LogP contribution in [0, 0.1) is 5.41 Å². The van der Waals surface area contributed by atoms with E-state index in [-0.39, 0.29) is 12.0 Å². The molecular formula is C15H22N6O2. The molecule has 0 aromatic carbocycles. The van der Waals surface area contributed by atoms with Crippen molar-refractivity contribution < 1.29 is 9.63 Å². The van der Waals surface area contributed by atoms with Crippen LogP contribution in [0.25, 0.3) is 11.0 Å². The minimum absolute atomic E-state index is 0.207. The number of hydrogen-bond donors (Lipinski definition) is 1. The Morgan fingerprint density at radius 2 is 2.00 bits per heavy atom. The molecule has 1 aliphatic heterocycles. The van der Waals surface area contributed by atoms with E-state index in [9.17, 15) is 4.79 Å². The van der Waals surface area contributed by atoms with Crippen LogP contribution in [0.5, 0.6) is 0 Å². The lowest BCUT2D eigenvalue weighted by atomic mass is 9.98. The summed E-state index contributed by atoms with van der Waals surface area (Å²) in [7, 11) is 0. The van der Waals surface area contributed by atoms with Crippen LogP contribution >= 0.6 is 0 Å². The zero-order valence-electron chi connectivity index (χ0n) is 13.7. The predicted octanol–water partition coefficient (Wildman–Crippen LogP) is 1.55. The lowest BCUT2D eigenvalue weighted by Gasteiger charge is -2.32. The van der Waals surface area contributed by atoms with E-state index in [1.165, 1.54) is 6.33 Å². The van der Waals surface area contributed by atoms with Crippen LogP contribution < -0.4 is 5.73 Å². The molecule has 3 heterocycles. The zero-order chi connectivity index (χ0) is 16.6. The highest BCUT2D eigenvalue weighted by Gasteiger charge is 2.29. The summed E-state index contributed by atoms with van der Waals surface area (Å²) in [5.41, 5.74) is 6.10. The van der Waals surface area contributed by atoms with E-state index in [0.717, 1.165) is 23.9 Å². The van der Waals surface area contributed by atoms with Gasteiger partial charge in [0, 0.05) is 13.1 Å². The average Bonchev–Trinajstić information content (AvgIpc) is 2.92. The first kappa shape index (κ1) is 15.7. The van der Waals surface area contributed by atoms with Crippen molar-refractivity contribution in [1.29, 1.82) is 0 Å². The molecular weight excluding hydrogens is 296 g/mol. The number of fused-ring (bicyclic) bond motifs is 1. The minimum Gasteiger partial charge on any atom is -0.383 e. The molecule has 8 heteroatoms. The topological polar surface area (TPSA) is 99.2 Å². The fourth-order valence-corrected chi connectivity index (χ4v) is 2.58. The third kappa shape index (κ3) is 3.12. The van der Waals surface area contributed by atoms with Crippen LogP contribution in [0.15, 0.2) is 12.5 Å². The van der Waals surface area contributed by atoms with E-state index in [1.807, 2.05) is 25.5 Å². The fraction of sp³-hybridized carbons (Fsp3) is 0.600. The number of anilines is 1. The normalized spacial score (nSPS) is 17.5. The third-order valence-electron chi connectivity index (χ3n) is 4.02. The van der Waals surface area contributed by atoms with Gasteiger partial charge in [-0.3, -0.25) is 0 Å². The van der Waals surface area contributed by atoms with Crippen molar-refractivity contribution in [3.63, 3.8) is 0 Å². The van der Waals surface area contributed by atoms with E-state index in [2.05, 4.69) is 15.1 Å². The van der Waals surface area contributed by atoms with Crippen LogP contribution in [0.3, 0.4) is 0 Å². The summed E-state index contributed by atoms with van der Waals surface area (Å²) in [4.78, 5) is 25.7. The molecule has 23 heavy (non-hydrogen) atoms. The number of nitrogens with zero attached hydrogens (tertiary/aromatic N) is 5. The molecule has 2 N–H and O–H groups in total. The number of hydrogen-bond acceptors (Lipinski definition) is 7. The Kier molecular flexibility index (Phi) is 3.93. The number of aromatic nitrogens is 4. The lowest BCUT2D eigenvalue weighted by molar-refractivity contribution is -0.205. The molecule has 0 aliphatic carbocycles. The van der Waals surface area contributed by atoms with Gasteiger partial charge < -0.3 is 10.6 Å². The van der Waals surface area contributed by atoms with Gasteiger partial charge >= 0.3 is 5.97 Å². The fourth-order valence-electron chi connectivity index (χ4n) is 2.58. The number of piperidine rings is 1. The highest BCUT2D eigenvalue weighted by atomic mass is 16.7. The molecule has 1 fully saturated rings. The van der Waals surface area contributed by atoms with Crippen molar-refractivity contribution in [3.05, 3.63) is 12.5 Å². The molecule has 0 spiro atoms. The lowest BCUT2D eigenvalue weighted by Crippen LogP contribution is -2.39. The minimum atomic E-state index is -0.497. The van der Waals surface area contributed by atoms with Crippen molar-refractivity contribution in [2.45, 2.75) is 39.7 Å². The average molecular weight is 318 g/mol. The summed E-state index contributed by atoms with van der Waals surface area (Å²) >= 11 is 0. The quantitative estimate of drug-likeness (QED) is 0.896. The molecule has 3 rings (SSSR count). The Labute approximate surface area is 134 Å². The van der Waals surface area contributed by atoms with Gasteiger partial charge in [0.15, 0.2) is 5.65 Å². The molecule has 124 valence electrons. The molecule has 1 saturated heterocycles. The van der Waals surface area contributed by atoms with Gasteiger partial charge in [-0.05, 0) is 33.6 Å². The molecule has 0 atom stereocenters. The Bertz CT molecular complexity index is 712. The predicted molar refractivity (Wildman–Crippen MR) is 85.1 cm³/mol. The van der Waals surface area contributed by atoms with Gasteiger partial charge in [-0.1, -0.05) is 0 Å². The molecule has 2 aromatic rings. The van der Waals surface area contributed by atoms with Gasteiger partial charge in [0.05, 0.1) is 23.0 Å². The summed E-state index contributed by atoms with van der Waals surface area (Å²) in [5, 5.41) is 6.92. The molecule has 2 aromatic heterocycles. The van der Waals surface area contributed by atoms with E-state index in [0.29, 0.717) is 18.9 Å². The van der Waals surface area contributed by atoms with Gasteiger partial charge in [0.1, 0.15) is 12.1 Å². The van der Waals surface area contributed by atoms with Gasteiger partial charge in [-0.25, -0.2) is 19.4 Å².